The molecule has 0 aliphatic carbocycles. The summed E-state index contributed by atoms with van der Waals surface area (Å²) in [6.07, 6.45) is 1.26. The van der Waals surface area contributed by atoms with Gasteiger partial charge in [0.25, 0.3) is 5.91 Å². The molecule has 18 heavy (non-hydrogen) atoms. The second-order valence-corrected chi connectivity index (χ2v) is 5.29. The fourth-order valence-corrected chi connectivity index (χ4v) is 1.82. The van der Waals surface area contributed by atoms with Gasteiger partial charge >= 0.3 is 0 Å². The van der Waals surface area contributed by atoms with Gasteiger partial charge in [-0.05, 0) is 38.0 Å². The predicted molar refractivity (Wildman–Crippen MR) is 70.6 cm³/mol. The molecule has 0 saturated heterocycles. The van der Waals surface area contributed by atoms with Crippen molar-refractivity contribution in [1.29, 1.82) is 0 Å². The highest BCUT2D eigenvalue weighted by molar-refractivity contribution is 6.02. The van der Waals surface area contributed by atoms with E-state index in [2.05, 4.69) is 10.6 Å². The monoisotopic (exact) mass is 246 g/mol. The highest BCUT2D eigenvalue weighted by Gasteiger charge is 2.22. The van der Waals surface area contributed by atoms with Crippen molar-refractivity contribution in [2.24, 2.45) is 0 Å². The molecule has 0 fully saturated rings. The van der Waals surface area contributed by atoms with Crippen molar-refractivity contribution in [3.63, 3.8) is 0 Å². The van der Waals surface area contributed by atoms with Crippen molar-refractivity contribution in [3.05, 3.63) is 29.3 Å². The van der Waals surface area contributed by atoms with Crippen LogP contribution in [0.2, 0.25) is 0 Å². The van der Waals surface area contributed by atoms with Crippen LogP contribution in [0.4, 0.5) is 5.69 Å². The molecular formula is C14H18N2O2. The van der Waals surface area contributed by atoms with E-state index in [1.807, 2.05) is 26.8 Å². The summed E-state index contributed by atoms with van der Waals surface area (Å²) in [5.74, 6) is -0.123. The predicted octanol–water partition coefficient (Wildman–Crippen LogP) is 2.10. The van der Waals surface area contributed by atoms with E-state index in [1.165, 1.54) is 0 Å². The van der Waals surface area contributed by atoms with Gasteiger partial charge in [0.1, 0.15) is 0 Å². The minimum absolute atomic E-state index is 0.0172. The summed E-state index contributed by atoms with van der Waals surface area (Å²) in [6.45, 7) is 6.00. The summed E-state index contributed by atoms with van der Waals surface area (Å²) >= 11 is 0. The molecule has 0 unspecified atom stereocenters. The molecule has 4 nitrogen and oxygen atoms in total. The highest BCUT2D eigenvalue weighted by Crippen LogP contribution is 2.24. The van der Waals surface area contributed by atoms with Crippen LogP contribution in [0.1, 0.15) is 43.1 Å². The number of carbonyl (C=O) groups excluding carboxylic acids is 2. The van der Waals surface area contributed by atoms with E-state index in [9.17, 15) is 9.59 Å². The normalized spacial score (nSPS) is 14.1. The molecule has 0 saturated carbocycles. The Morgan fingerprint density at radius 3 is 2.83 bits per heavy atom. The second kappa shape index (κ2) is 4.44. The lowest BCUT2D eigenvalue weighted by atomic mass is 10.0. The van der Waals surface area contributed by atoms with Gasteiger partial charge in [-0.2, -0.15) is 0 Å². The number of amides is 2. The zero-order valence-electron chi connectivity index (χ0n) is 11.0. The Kier molecular flexibility index (Phi) is 3.11. The molecule has 2 rings (SSSR count). The topological polar surface area (TPSA) is 58.2 Å². The number of carbonyl (C=O) groups is 2. The van der Waals surface area contributed by atoms with Crippen molar-refractivity contribution < 1.29 is 9.59 Å². The third-order valence-corrected chi connectivity index (χ3v) is 3.33. The fraction of sp³-hybridized carbons (Fsp3) is 0.429. The standard InChI is InChI=1S/C14H18N2O2/c1-4-14(2,3)16-13(18)10-6-5-9-8-12(17)15-11(9)7-10/h5-7H,4,8H2,1-3H3,(H,15,17)(H,16,18). The molecule has 0 aromatic heterocycles. The Bertz CT molecular complexity index is 507. The molecule has 96 valence electrons. The van der Waals surface area contributed by atoms with Gasteiger partial charge in [-0.3, -0.25) is 9.59 Å². The molecule has 0 atom stereocenters. The number of hydrogen-bond acceptors (Lipinski definition) is 2. The zero-order chi connectivity index (χ0) is 13.3. The first-order valence-corrected chi connectivity index (χ1v) is 6.16. The summed E-state index contributed by atoms with van der Waals surface area (Å²) < 4.78 is 0. The Hall–Kier alpha value is -1.84. The number of anilines is 1. The smallest absolute Gasteiger partial charge is 0.251 e. The van der Waals surface area contributed by atoms with Crippen molar-refractivity contribution >= 4 is 17.5 Å². The maximum Gasteiger partial charge on any atom is 0.251 e. The first-order chi connectivity index (χ1) is 8.41. The van der Waals surface area contributed by atoms with E-state index >= 15 is 0 Å². The summed E-state index contributed by atoms with van der Waals surface area (Å²) in [4.78, 5) is 23.3. The van der Waals surface area contributed by atoms with Crippen molar-refractivity contribution in [3.8, 4) is 0 Å². The molecule has 1 aromatic carbocycles. The third-order valence-electron chi connectivity index (χ3n) is 3.33. The lowest BCUT2D eigenvalue weighted by Crippen LogP contribution is -2.42. The number of fused-ring (bicyclic) bond motifs is 1. The van der Waals surface area contributed by atoms with E-state index in [1.54, 1.807) is 12.1 Å². The number of rotatable bonds is 3. The Morgan fingerprint density at radius 2 is 2.17 bits per heavy atom. The fourth-order valence-electron chi connectivity index (χ4n) is 1.82. The number of benzene rings is 1. The van der Waals surface area contributed by atoms with Crippen molar-refractivity contribution in [2.45, 2.75) is 39.2 Å². The van der Waals surface area contributed by atoms with Gasteiger partial charge in [-0.25, -0.2) is 0 Å². The third kappa shape index (κ3) is 2.53. The largest absolute Gasteiger partial charge is 0.347 e. The van der Waals surface area contributed by atoms with Crippen LogP contribution in [0.5, 0.6) is 0 Å². The van der Waals surface area contributed by atoms with E-state index in [-0.39, 0.29) is 17.4 Å². The maximum atomic E-state index is 12.1. The number of nitrogens with one attached hydrogen (secondary N) is 2. The van der Waals surface area contributed by atoms with Crippen LogP contribution in [-0.2, 0) is 11.2 Å². The minimum atomic E-state index is -0.223. The molecule has 4 heteroatoms. The van der Waals surface area contributed by atoms with Gasteiger partial charge in [-0.15, -0.1) is 0 Å². The molecule has 0 spiro atoms. The Labute approximate surface area is 107 Å². The van der Waals surface area contributed by atoms with Gasteiger partial charge in [0.2, 0.25) is 5.91 Å². The molecule has 1 aliphatic rings. The van der Waals surface area contributed by atoms with Crippen LogP contribution in [-0.4, -0.2) is 17.4 Å². The lowest BCUT2D eigenvalue weighted by molar-refractivity contribution is -0.115. The molecule has 2 N–H and O–H groups in total. The van der Waals surface area contributed by atoms with Crippen molar-refractivity contribution in [1.82, 2.24) is 5.32 Å². The lowest BCUT2D eigenvalue weighted by Gasteiger charge is -2.24. The summed E-state index contributed by atoms with van der Waals surface area (Å²) in [6, 6.07) is 5.34. The van der Waals surface area contributed by atoms with Crippen LogP contribution < -0.4 is 10.6 Å². The summed E-state index contributed by atoms with van der Waals surface area (Å²) in [7, 11) is 0. The molecular weight excluding hydrogens is 228 g/mol. The van der Waals surface area contributed by atoms with E-state index in [0.29, 0.717) is 12.0 Å². The van der Waals surface area contributed by atoms with Gasteiger partial charge in [0, 0.05) is 16.8 Å². The van der Waals surface area contributed by atoms with E-state index in [4.69, 9.17) is 0 Å². The minimum Gasteiger partial charge on any atom is -0.347 e. The van der Waals surface area contributed by atoms with E-state index < -0.39 is 0 Å². The number of hydrogen-bond donors (Lipinski definition) is 2. The Balaban J connectivity index is 2.18. The van der Waals surface area contributed by atoms with E-state index in [0.717, 1.165) is 17.7 Å². The van der Waals surface area contributed by atoms with Gasteiger partial charge in [0.15, 0.2) is 0 Å². The molecule has 2 amide bonds. The van der Waals surface area contributed by atoms with Crippen LogP contribution in [0.15, 0.2) is 18.2 Å². The quantitative estimate of drug-likeness (QED) is 0.858. The average molecular weight is 246 g/mol. The highest BCUT2D eigenvalue weighted by atomic mass is 16.2. The van der Waals surface area contributed by atoms with Gasteiger partial charge in [-0.1, -0.05) is 13.0 Å². The zero-order valence-corrected chi connectivity index (χ0v) is 11.0. The SMILES string of the molecule is CCC(C)(C)NC(=O)c1ccc2c(c1)NC(=O)C2. The summed E-state index contributed by atoms with van der Waals surface area (Å²) in [5.41, 5.74) is 2.06. The summed E-state index contributed by atoms with van der Waals surface area (Å²) in [5, 5.41) is 5.72. The molecule has 0 bridgehead atoms. The van der Waals surface area contributed by atoms with Gasteiger partial charge < -0.3 is 10.6 Å². The first kappa shape index (κ1) is 12.6. The molecule has 1 aliphatic heterocycles. The Morgan fingerprint density at radius 1 is 1.44 bits per heavy atom. The molecule has 1 aromatic rings. The molecule has 1 heterocycles. The first-order valence-electron chi connectivity index (χ1n) is 6.16. The van der Waals surface area contributed by atoms with Crippen LogP contribution in [0, 0.1) is 0 Å². The second-order valence-electron chi connectivity index (χ2n) is 5.29. The maximum absolute atomic E-state index is 12.1. The van der Waals surface area contributed by atoms with Gasteiger partial charge in [0.05, 0.1) is 6.42 Å². The van der Waals surface area contributed by atoms with Crippen LogP contribution >= 0.6 is 0 Å². The van der Waals surface area contributed by atoms with Crippen LogP contribution in [0.25, 0.3) is 0 Å². The average Bonchev–Trinajstić information content (AvgIpc) is 2.67. The van der Waals surface area contributed by atoms with Crippen LogP contribution in [0.3, 0.4) is 0 Å². The van der Waals surface area contributed by atoms with Crippen molar-refractivity contribution in [2.75, 3.05) is 5.32 Å². The molecule has 0 radical (unpaired) electrons.